The third-order valence-electron chi connectivity index (χ3n) is 2.68. The van der Waals surface area contributed by atoms with Gasteiger partial charge in [0.25, 0.3) is 0 Å². The Morgan fingerprint density at radius 3 is 2.77 bits per heavy atom. The van der Waals surface area contributed by atoms with Crippen molar-refractivity contribution in [3.05, 3.63) is 29.8 Å². The van der Waals surface area contributed by atoms with Gasteiger partial charge in [0.05, 0.1) is 13.2 Å². The molecule has 0 atom stereocenters. The monoisotopic (exact) mass is 304 g/mol. The van der Waals surface area contributed by atoms with E-state index in [1.807, 2.05) is 31.2 Å². The van der Waals surface area contributed by atoms with Gasteiger partial charge >= 0.3 is 6.01 Å². The lowest BCUT2D eigenvalue weighted by Crippen LogP contribution is -2.16. The molecule has 0 saturated carbocycles. The molecule has 0 aliphatic heterocycles. The molecule has 0 fully saturated rings. The van der Waals surface area contributed by atoms with Gasteiger partial charge in [-0.05, 0) is 24.6 Å². The molecule has 0 aliphatic carbocycles. The molecule has 0 saturated heterocycles. The van der Waals surface area contributed by atoms with E-state index in [4.69, 9.17) is 10.5 Å². The second-order valence-corrected chi connectivity index (χ2v) is 4.40. The summed E-state index contributed by atoms with van der Waals surface area (Å²) < 4.78 is 5.34. The van der Waals surface area contributed by atoms with Crippen LogP contribution < -0.4 is 21.1 Å². The van der Waals surface area contributed by atoms with Gasteiger partial charge < -0.3 is 26.2 Å². The number of nitrogens with two attached hydrogens (primary N) is 1. The highest BCUT2D eigenvalue weighted by atomic mass is 16.5. The minimum Gasteiger partial charge on any atom is -0.464 e. The molecule has 1 heterocycles. The fourth-order valence-electron chi connectivity index (χ4n) is 1.75. The smallest absolute Gasteiger partial charge is 0.323 e. The zero-order valence-electron chi connectivity index (χ0n) is 12.4. The van der Waals surface area contributed by atoms with E-state index in [9.17, 15) is 5.11 Å². The zero-order chi connectivity index (χ0) is 15.8. The van der Waals surface area contributed by atoms with Crippen LogP contribution >= 0.6 is 0 Å². The Labute approximate surface area is 128 Å². The molecule has 8 heteroatoms. The number of ether oxygens (including phenoxy) is 1. The molecule has 0 bridgehead atoms. The average Bonchev–Trinajstić information content (AvgIpc) is 2.53. The molecule has 118 valence electrons. The number of aliphatic hydroxyl groups is 1. The van der Waals surface area contributed by atoms with Crippen LogP contribution in [-0.2, 0) is 6.61 Å². The largest absolute Gasteiger partial charge is 0.464 e. The topological polar surface area (TPSA) is 118 Å². The molecule has 2 rings (SSSR count). The van der Waals surface area contributed by atoms with Crippen LogP contribution in [0.4, 0.5) is 17.6 Å². The van der Waals surface area contributed by atoms with Crippen LogP contribution in [0.25, 0.3) is 0 Å². The number of nitrogens with one attached hydrogen (secondary N) is 2. The van der Waals surface area contributed by atoms with Crippen LogP contribution in [0.3, 0.4) is 0 Å². The van der Waals surface area contributed by atoms with Crippen LogP contribution in [0.2, 0.25) is 0 Å². The average molecular weight is 304 g/mol. The maximum absolute atomic E-state index is 9.17. The highest BCUT2D eigenvalue weighted by Gasteiger charge is 2.07. The number of nitrogens with zero attached hydrogens (tertiary/aromatic N) is 3. The van der Waals surface area contributed by atoms with Crippen LogP contribution in [0.15, 0.2) is 24.3 Å². The number of benzene rings is 1. The van der Waals surface area contributed by atoms with Crippen molar-refractivity contribution in [3.63, 3.8) is 0 Å². The first-order chi connectivity index (χ1) is 10.7. The fraction of sp³-hybridized carbons (Fsp3) is 0.357. The van der Waals surface area contributed by atoms with Gasteiger partial charge in [0.15, 0.2) is 0 Å². The van der Waals surface area contributed by atoms with E-state index < -0.39 is 0 Å². The Hall–Kier alpha value is -2.45. The molecule has 8 nitrogen and oxygen atoms in total. The first kappa shape index (κ1) is 15.9. The summed E-state index contributed by atoms with van der Waals surface area (Å²) in [5, 5.41) is 15.2. The Bertz CT molecular complexity index is 608. The van der Waals surface area contributed by atoms with Gasteiger partial charge in [-0.3, -0.25) is 0 Å². The lowest BCUT2D eigenvalue weighted by molar-refractivity contribution is 0.282. The van der Waals surface area contributed by atoms with Gasteiger partial charge in [-0.25, -0.2) is 0 Å². The van der Waals surface area contributed by atoms with Gasteiger partial charge in [-0.1, -0.05) is 12.1 Å². The number of rotatable bonds is 8. The predicted octanol–water partition coefficient (Wildman–Crippen LogP) is 0.877. The summed E-state index contributed by atoms with van der Waals surface area (Å²) in [5.74, 6) is 0.748. The zero-order valence-corrected chi connectivity index (χ0v) is 12.4. The Balaban J connectivity index is 2.21. The van der Waals surface area contributed by atoms with E-state index in [0.29, 0.717) is 31.6 Å². The highest BCUT2D eigenvalue weighted by Crippen LogP contribution is 2.18. The van der Waals surface area contributed by atoms with Gasteiger partial charge in [-0.15, -0.1) is 0 Å². The number of anilines is 3. The van der Waals surface area contributed by atoms with Crippen molar-refractivity contribution in [1.29, 1.82) is 0 Å². The molecular formula is C14H20N6O2. The lowest BCUT2D eigenvalue weighted by atomic mass is 10.2. The third kappa shape index (κ3) is 4.54. The molecule has 1 aromatic carbocycles. The summed E-state index contributed by atoms with van der Waals surface area (Å²) in [6.07, 6.45) is 0. The van der Waals surface area contributed by atoms with Crippen molar-refractivity contribution in [2.45, 2.75) is 13.5 Å². The van der Waals surface area contributed by atoms with Gasteiger partial charge in [0.2, 0.25) is 11.9 Å². The molecular weight excluding hydrogens is 284 g/mol. The molecule has 5 N–H and O–H groups in total. The van der Waals surface area contributed by atoms with Crippen LogP contribution in [0.1, 0.15) is 12.5 Å². The normalized spacial score (nSPS) is 10.3. The van der Waals surface area contributed by atoms with E-state index in [1.165, 1.54) is 0 Å². The molecule has 2 aromatic rings. The van der Waals surface area contributed by atoms with Gasteiger partial charge in [-0.2, -0.15) is 15.0 Å². The first-order valence-electron chi connectivity index (χ1n) is 7.04. The molecule has 1 aromatic heterocycles. The molecule has 0 amide bonds. The molecule has 0 aliphatic rings. The maximum Gasteiger partial charge on any atom is 0.323 e. The van der Waals surface area contributed by atoms with E-state index in [-0.39, 0.29) is 12.6 Å². The minimum absolute atomic E-state index is 0.0276. The van der Waals surface area contributed by atoms with Crippen LogP contribution in [-0.4, -0.2) is 39.8 Å². The van der Waals surface area contributed by atoms with Crippen molar-refractivity contribution in [2.24, 2.45) is 5.73 Å². The Kier molecular flexibility index (Phi) is 5.87. The SMILES string of the molecule is CCOc1nc(NCCN)nc(Nc2cccc(CO)c2)n1. The summed E-state index contributed by atoms with van der Waals surface area (Å²) in [6.45, 7) is 3.31. The summed E-state index contributed by atoms with van der Waals surface area (Å²) in [5.41, 5.74) is 7.03. The summed E-state index contributed by atoms with van der Waals surface area (Å²) in [7, 11) is 0. The quantitative estimate of drug-likeness (QED) is 0.567. The molecule has 22 heavy (non-hydrogen) atoms. The Morgan fingerprint density at radius 1 is 1.23 bits per heavy atom. The first-order valence-corrected chi connectivity index (χ1v) is 7.04. The summed E-state index contributed by atoms with van der Waals surface area (Å²) in [4.78, 5) is 12.6. The lowest BCUT2D eigenvalue weighted by Gasteiger charge is -2.10. The van der Waals surface area contributed by atoms with E-state index in [0.717, 1.165) is 11.3 Å². The second kappa shape index (κ2) is 8.11. The molecule has 0 radical (unpaired) electrons. The fourth-order valence-corrected chi connectivity index (χ4v) is 1.75. The van der Waals surface area contributed by atoms with Crippen molar-refractivity contribution < 1.29 is 9.84 Å². The summed E-state index contributed by atoms with van der Waals surface area (Å²) in [6, 6.07) is 7.58. The maximum atomic E-state index is 9.17. The van der Waals surface area contributed by atoms with E-state index >= 15 is 0 Å². The standard InChI is InChI=1S/C14H20N6O2/c1-2-22-14-19-12(16-7-6-15)18-13(20-14)17-11-5-3-4-10(8-11)9-21/h3-5,8,21H,2,6-7,9,15H2,1H3,(H2,16,17,18,19,20). The van der Waals surface area contributed by atoms with Crippen molar-refractivity contribution in [3.8, 4) is 6.01 Å². The number of aromatic nitrogens is 3. The number of hydrogen-bond donors (Lipinski definition) is 4. The summed E-state index contributed by atoms with van der Waals surface area (Å²) >= 11 is 0. The second-order valence-electron chi connectivity index (χ2n) is 4.40. The number of hydrogen-bond acceptors (Lipinski definition) is 8. The van der Waals surface area contributed by atoms with Crippen molar-refractivity contribution in [1.82, 2.24) is 15.0 Å². The molecule has 0 spiro atoms. The van der Waals surface area contributed by atoms with Gasteiger partial charge in [0.1, 0.15) is 0 Å². The highest BCUT2D eigenvalue weighted by molar-refractivity contribution is 5.55. The van der Waals surface area contributed by atoms with Crippen LogP contribution in [0, 0.1) is 0 Å². The Morgan fingerprint density at radius 2 is 2.05 bits per heavy atom. The van der Waals surface area contributed by atoms with Crippen molar-refractivity contribution in [2.75, 3.05) is 30.3 Å². The minimum atomic E-state index is -0.0276. The van der Waals surface area contributed by atoms with E-state index in [2.05, 4.69) is 25.6 Å². The van der Waals surface area contributed by atoms with E-state index in [1.54, 1.807) is 0 Å². The molecule has 0 unspecified atom stereocenters. The number of aliphatic hydroxyl groups excluding tert-OH is 1. The van der Waals surface area contributed by atoms with Gasteiger partial charge in [0, 0.05) is 18.8 Å². The van der Waals surface area contributed by atoms with Crippen molar-refractivity contribution >= 4 is 17.6 Å². The predicted molar refractivity (Wildman–Crippen MR) is 84.2 cm³/mol. The third-order valence-corrected chi connectivity index (χ3v) is 2.68. The van der Waals surface area contributed by atoms with Crippen LogP contribution in [0.5, 0.6) is 6.01 Å².